The number of nitrogens with two attached hydrogens (primary N) is 1. The van der Waals surface area contributed by atoms with Gasteiger partial charge in [-0.3, -0.25) is 10.5 Å². The average Bonchev–Trinajstić information content (AvgIpc) is 2.05. The lowest BCUT2D eigenvalue weighted by Crippen LogP contribution is -2.13. The summed E-state index contributed by atoms with van der Waals surface area (Å²) >= 11 is 0. The van der Waals surface area contributed by atoms with Gasteiger partial charge in [0.15, 0.2) is 6.23 Å². The van der Waals surface area contributed by atoms with Crippen molar-refractivity contribution in [2.75, 3.05) is 0 Å². The lowest BCUT2D eigenvalue weighted by atomic mass is 10.2. The van der Waals surface area contributed by atoms with Gasteiger partial charge in [-0.2, -0.15) is 0 Å². The number of rotatable bonds is 3. The van der Waals surface area contributed by atoms with Crippen molar-refractivity contribution in [1.82, 2.24) is 0 Å². The summed E-state index contributed by atoms with van der Waals surface area (Å²) in [5, 5.41) is 9.23. The monoisotopic (exact) mass is 167 g/mol. The molecule has 0 saturated heterocycles. The predicted molar refractivity (Wildman–Crippen MR) is 42.2 cm³/mol. The van der Waals surface area contributed by atoms with Crippen LogP contribution in [0.5, 0.6) is 5.75 Å². The predicted octanol–water partition coefficient (Wildman–Crippen LogP) is 0.522. The third-order valence-corrected chi connectivity index (χ3v) is 1.45. The average molecular weight is 167 g/mol. The van der Waals surface area contributed by atoms with Gasteiger partial charge in [-0.1, -0.05) is 18.2 Å². The maximum absolute atomic E-state index is 9.92. The van der Waals surface area contributed by atoms with Crippen LogP contribution in [0.1, 0.15) is 11.8 Å². The number of aromatic hydroxyl groups is 1. The van der Waals surface area contributed by atoms with Gasteiger partial charge < -0.3 is 9.84 Å². The van der Waals surface area contributed by atoms with Crippen LogP contribution in [0.15, 0.2) is 24.3 Å². The molecule has 0 aliphatic heterocycles. The second-order valence-corrected chi connectivity index (χ2v) is 2.21. The molecule has 0 radical (unpaired) electrons. The van der Waals surface area contributed by atoms with Crippen molar-refractivity contribution in [2.45, 2.75) is 6.23 Å². The quantitative estimate of drug-likeness (QED) is 0.508. The molecule has 1 rings (SSSR count). The second-order valence-electron chi connectivity index (χ2n) is 2.21. The summed E-state index contributed by atoms with van der Waals surface area (Å²) in [5.41, 5.74) is 5.79. The van der Waals surface area contributed by atoms with Gasteiger partial charge in [-0.15, -0.1) is 0 Å². The van der Waals surface area contributed by atoms with Crippen LogP contribution in [0, 0.1) is 0 Å². The van der Waals surface area contributed by atoms with Crippen LogP contribution in [-0.4, -0.2) is 11.6 Å². The Hall–Kier alpha value is -1.55. The second kappa shape index (κ2) is 3.73. The molecular formula is C8H9NO3. The van der Waals surface area contributed by atoms with E-state index in [1.165, 1.54) is 6.07 Å². The maximum atomic E-state index is 9.92. The molecule has 0 aliphatic rings. The summed E-state index contributed by atoms with van der Waals surface area (Å²) in [7, 11) is 0. The van der Waals surface area contributed by atoms with Crippen LogP contribution >= 0.6 is 0 Å². The molecule has 4 heteroatoms. The van der Waals surface area contributed by atoms with E-state index in [-0.39, 0.29) is 12.2 Å². The third kappa shape index (κ3) is 1.73. The normalized spacial score (nSPS) is 12.1. The highest BCUT2D eigenvalue weighted by atomic mass is 16.5. The van der Waals surface area contributed by atoms with Gasteiger partial charge in [0.25, 0.3) is 6.47 Å². The molecule has 3 N–H and O–H groups in total. The van der Waals surface area contributed by atoms with Crippen LogP contribution in [0.25, 0.3) is 0 Å². The molecule has 4 nitrogen and oxygen atoms in total. The molecule has 0 fully saturated rings. The highest BCUT2D eigenvalue weighted by Gasteiger charge is 2.09. The standard InChI is InChI=1S/C8H9NO3/c9-8(12-5-10)6-3-1-2-4-7(6)11/h1-5,8,11H,9H2. The first-order valence-corrected chi connectivity index (χ1v) is 3.38. The molecule has 12 heavy (non-hydrogen) atoms. The molecule has 1 aromatic rings. The Labute approximate surface area is 69.6 Å². The number of benzene rings is 1. The number of para-hydroxylation sites is 1. The van der Waals surface area contributed by atoms with Crippen molar-refractivity contribution in [3.8, 4) is 5.75 Å². The fraction of sp³-hybridized carbons (Fsp3) is 0.125. The number of phenols is 1. The van der Waals surface area contributed by atoms with Gasteiger partial charge in [0.05, 0.1) is 0 Å². The van der Waals surface area contributed by atoms with Crippen LogP contribution in [0.2, 0.25) is 0 Å². The number of ether oxygens (including phenoxy) is 1. The first-order valence-electron chi connectivity index (χ1n) is 3.38. The summed E-state index contributed by atoms with van der Waals surface area (Å²) in [6.07, 6.45) is -0.899. The summed E-state index contributed by atoms with van der Waals surface area (Å²) in [6.45, 7) is 0.247. The lowest BCUT2D eigenvalue weighted by Gasteiger charge is -2.10. The summed E-state index contributed by atoms with van der Waals surface area (Å²) in [5.74, 6) is 0.0202. The lowest BCUT2D eigenvalue weighted by molar-refractivity contribution is -0.133. The Balaban J connectivity index is 2.86. The fourth-order valence-electron chi connectivity index (χ4n) is 0.861. The van der Waals surface area contributed by atoms with Crippen molar-refractivity contribution in [1.29, 1.82) is 0 Å². The number of hydrogen-bond donors (Lipinski definition) is 2. The highest BCUT2D eigenvalue weighted by Crippen LogP contribution is 2.21. The Morgan fingerprint density at radius 1 is 1.50 bits per heavy atom. The van der Waals surface area contributed by atoms with E-state index in [4.69, 9.17) is 5.73 Å². The van der Waals surface area contributed by atoms with Gasteiger partial charge in [0.1, 0.15) is 5.75 Å². The Morgan fingerprint density at radius 3 is 2.75 bits per heavy atom. The minimum absolute atomic E-state index is 0.0202. The van der Waals surface area contributed by atoms with Crippen molar-refractivity contribution in [2.24, 2.45) is 5.73 Å². The van der Waals surface area contributed by atoms with Gasteiger partial charge >= 0.3 is 0 Å². The fourth-order valence-corrected chi connectivity index (χ4v) is 0.861. The minimum atomic E-state index is -0.899. The van der Waals surface area contributed by atoms with Gasteiger partial charge in [-0.25, -0.2) is 0 Å². The summed E-state index contributed by atoms with van der Waals surface area (Å²) in [6, 6.07) is 6.42. The number of hydrogen-bond acceptors (Lipinski definition) is 4. The van der Waals surface area contributed by atoms with Crippen LogP contribution in [0.3, 0.4) is 0 Å². The SMILES string of the molecule is NC(OC=O)c1ccccc1O. The molecule has 1 atom stereocenters. The van der Waals surface area contributed by atoms with Crippen molar-refractivity contribution in [3.05, 3.63) is 29.8 Å². The molecule has 0 aromatic heterocycles. The molecule has 0 heterocycles. The Bertz CT molecular complexity index is 275. The molecular weight excluding hydrogens is 158 g/mol. The van der Waals surface area contributed by atoms with Crippen molar-refractivity contribution < 1.29 is 14.6 Å². The van der Waals surface area contributed by atoms with Crippen LogP contribution < -0.4 is 5.73 Å². The van der Waals surface area contributed by atoms with E-state index < -0.39 is 6.23 Å². The summed E-state index contributed by atoms with van der Waals surface area (Å²) < 4.78 is 4.45. The van der Waals surface area contributed by atoms with Crippen molar-refractivity contribution in [3.63, 3.8) is 0 Å². The van der Waals surface area contributed by atoms with Gasteiger partial charge in [0, 0.05) is 5.56 Å². The number of carbonyl (C=O) groups excluding carboxylic acids is 1. The zero-order valence-corrected chi connectivity index (χ0v) is 6.31. The van der Waals surface area contributed by atoms with E-state index in [1.807, 2.05) is 0 Å². The van der Waals surface area contributed by atoms with Gasteiger partial charge in [0.2, 0.25) is 0 Å². The molecule has 0 aliphatic carbocycles. The Morgan fingerprint density at radius 2 is 2.17 bits per heavy atom. The van der Waals surface area contributed by atoms with E-state index in [1.54, 1.807) is 18.2 Å². The number of carbonyl (C=O) groups is 1. The van der Waals surface area contributed by atoms with E-state index in [0.717, 1.165) is 0 Å². The largest absolute Gasteiger partial charge is 0.507 e. The van der Waals surface area contributed by atoms with E-state index in [2.05, 4.69) is 4.74 Å². The van der Waals surface area contributed by atoms with E-state index in [0.29, 0.717) is 5.56 Å². The molecule has 64 valence electrons. The smallest absolute Gasteiger partial charge is 0.294 e. The molecule has 0 saturated carbocycles. The highest BCUT2D eigenvalue weighted by molar-refractivity contribution is 5.40. The van der Waals surface area contributed by atoms with Gasteiger partial charge in [-0.05, 0) is 6.07 Å². The van der Waals surface area contributed by atoms with E-state index in [9.17, 15) is 9.90 Å². The molecule has 0 spiro atoms. The molecule has 1 unspecified atom stereocenters. The van der Waals surface area contributed by atoms with Crippen molar-refractivity contribution >= 4 is 6.47 Å². The molecule has 0 amide bonds. The Kier molecular flexibility index (Phi) is 2.66. The van der Waals surface area contributed by atoms with Crippen LogP contribution in [0.4, 0.5) is 0 Å². The zero-order chi connectivity index (χ0) is 8.97. The topological polar surface area (TPSA) is 72.5 Å². The minimum Gasteiger partial charge on any atom is -0.507 e. The maximum Gasteiger partial charge on any atom is 0.294 e. The zero-order valence-electron chi connectivity index (χ0n) is 6.31. The van der Waals surface area contributed by atoms with E-state index >= 15 is 0 Å². The first-order chi connectivity index (χ1) is 5.75. The van der Waals surface area contributed by atoms with Crippen LogP contribution in [-0.2, 0) is 9.53 Å². The molecule has 0 bridgehead atoms. The summed E-state index contributed by atoms with van der Waals surface area (Å²) in [4.78, 5) is 9.92. The first kappa shape index (κ1) is 8.55. The number of phenolic OH excluding ortho intramolecular Hbond substituents is 1. The third-order valence-electron chi connectivity index (χ3n) is 1.45. The molecule has 1 aromatic carbocycles.